The number of aromatic nitrogens is 1. The van der Waals surface area contributed by atoms with Crippen molar-refractivity contribution in [2.24, 2.45) is 5.92 Å². The van der Waals surface area contributed by atoms with Gasteiger partial charge in [-0.1, -0.05) is 6.92 Å². The maximum Gasteiger partial charge on any atom is 0.251 e. The lowest BCUT2D eigenvalue weighted by Crippen LogP contribution is -2.34. The number of sulfone groups is 1. The Morgan fingerprint density at radius 2 is 2.16 bits per heavy atom. The number of amides is 1. The minimum atomic E-state index is -3.03. The summed E-state index contributed by atoms with van der Waals surface area (Å²) in [6.07, 6.45) is 4.64. The minimum Gasteiger partial charge on any atom is -0.358 e. The van der Waals surface area contributed by atoms with Gasteiger partial charge in [-0.25, -0.2) is 8.42 Å². The highest BCUT2D eigenvalue weighted by atomic mass is 32.2. The molecule has 1 aliphatic carbocycles. The third kappa shape index (κ3) is 3.08. The van der Waals surface area contributed by atoms with Gasteiger partial charge in [0.2, 0.25) is 0 Å². The quantitative estimate of drug-likeness (QED) is 0.883. The highest BCUT2D eigenvalue weighted by Gasteiger charge is 2.31. The van der Waals surface area contributed by atoms with Crippen LogP contribution in [0.1, 0.15) is 47.8 Å². The zero-order valence-electron chi connectivity index (χ0n) is 14.5. The maximum absolute atomic E-state index is 12.5. The van der Waals surface area contributed by atoms with Crippen molar-refractivity contribution in [1.29, 1.82) is 0 Å². The van der Waals surface area contributed by atoms with Crippen molar-refractivity contribution in [2.75, 3.05) is 12.3 Å². The average Bonchev–Trinajstić information content (AvgIpc) is 3.11. The molecular formula is C19H24N2O3S. The number of aryl methyl sites for hydroxylation is 1. The Bertz CT molecular complexity index is 930. The fourth-order valence-corrected chi connectivity index (χ4v) is 5.89. The molecule has 1 aromatic carbocycles. The summed E-state index contributed by atoms with van der Waals surface area (Å²) in [5.41, 5.74) is 4.31. The van der Waals surface area contributed by atoms with Gasteiger partial charge in [-0.15, -0.1) is 0 Å². The van der Waals surface area contributed by atoms with Crippen LogP contribution < -0.4 is 5.32 Å². The van der Waals surface area contributed by atoms with Gasteiger partial charge in [-0.3, -0.25) is 4.79 Å². The molecule has 2 atom stereocenters. The summed E-state index contributed by atoms with van der Waals surface area (Å²) in [6.45, 7) is 2.47. The molecule has 6 heteroatoms. The van der Waals surface area contributed by atoms with Crippen molar-refractivity contribution in [2.45, 2.75) is 44.3 Å². The fourth-order valence-electron chi connectivity index (χ4n) is 4.13. The summed E-state index contributed by atoms with van der Waals surface area (Å²) >= 11 is 0. The van der Waals surface area contributed by atoms with E-state index in [1.807, 2.05) is 18.2 Å². The normalized spacial score (nSPS) is 25.0. The third-order valence-corrected chi connectivity index (χ3v) is 7.93. The molecule has 5 nitrogen and oxygen atoms in total. The van der Waals surface area contributed by atoms with E-state index in [0.29, 0.717) is 24.3 Å². The van der Waals surface area contributed by atoms with Crippen LogP contribution in [0.15, 0.2) is 18.2 Å². The molecule has 2 heterocycles. The predicted molar refractivity (Wildman–Crippen MR) is 98.6 cm³/mol. The van der Waals surface area contributed by atoms with E-state index in [4.69, 9.17) is 0 Å². The summed E-state index contributed by atoms with van der Waals surface area (Å²) in [7, 11) is -3.03. The Hall–Kier alpha value is -1.82. The van der Waals surface area contributed by atoms with Gasteiger partial charge >= 0.3 is 0 Å². The first kappa shape index (κ1) is 16.6. The molecule has 1 amide bonds. The number of benzene rings is 1. The second-order valence-electron chi connectivity index (χ2n) is 7.53. The lowest BCUT2D eigenvalue weighted by molar-refractivity contribution is 0.0953. The number of H-pyrrole nitrogens is 1. The summed E-state index contributed by atoms with van der Waals surface area (Å²) in [5, 5.41) is 3.51. The molecule has 0 saturated carbocycles. The minimum absolute atomic E-state index is 0.192. The summed E-state index contributed by atoms with van der Waals surface area (Å²) in [5.74, 6) is 0.715. The van der Waals surface area contributed by atoms with Gasteiger partial charge < -0.3 is 10.3 Å². The summed E-state index contributed by atoms with van der Waals surface area (Å²) < 4.78 is 23.8. The van der Waals surface area contributed by atoms with E-state index >= 15 is 0 Å². The highest BCUT2D eigenvalue weighted by molar-refractivity contribution is 7.92. The zero-order valence-corrected chi connectivity index (χ0v) is 15.3. The molecule has 2 N–H and O–H groups in total. The number of fused-ring (bicyclic) bond motifs is 3. The molecule has 0 spiro atoms. The van der Waals surface area contributed by atoms with Crippen LogP contribution in [0.4, 0.5) is 0 Å². The first-order valence-corrected chi connectivity index (χ1v) is 10.8. The maximum atomic E-state index is 12.5. The molecular weight excluding hydrogens is 336 g/mol. The van der Waals surface area contributed by atoms with Crippen LogP contribution in [0.3, 0.4) is 0 Å². The molecule has 25 heavy (non-hydrogen) atoms. The summed E-state index contributed by atoms with van der Waals surface area (Å²) in [4.78, 5) is 16.0. The Labute approximate surface area is 148 Å². The van der Waals surface area contributed by atoms with Gasteiger partial charge in [-0.05, 0) is 61.8 Å². The third-order valence-electron chi connectivity index (χ3n) is 5.65. The number of hydrogen-bond acceptors (Lipinski definition) is 3. The molecule has 2 unspecified atom stereocenters. The van der Waals surface area contributed by atoms with E-state index in [1.165, 1.54) is 17.7 Å². The Morgan fingerprint density at radius 3 is 2.92 bits per heavy atom. The summed E-state index contributed by atoms with van der Waals surface area (Å²) in [6, 6.07) is 5.72. The van der Waals surface area contributed by atoms with Crippen LogP contribution in [0, 0.1) is 5.92 Å². The van der Waals surface area contributed by atoms with Gasteiger partial charge in [0.05, 0.1) is 11.0 Å². The SMILES string of the molecule is CC1CCc2[nH]c3ccc(C(=O)NCC4CCCS4(=O)=O)cc3c2C1. The van der Waals surface area contributed by atoms with Gasteiger partial charge in [-0.2, -0.15) is 0 Å². The van der Waals surface area contributed by atoms with Crippen molar-refractivity contribution in [3.8, 4) is 0 Å². The van der Waals surface area contributed by atoms with Crippen molar-refractivity contribution in [1.82, 2.24) is 10.3 Å². The molecule has 1 saturated heterocycles. The lowest BCUT2D eigenvalue weighted by atomic mass is 9.87. The molecule has 0 bridgehead atoms. The Kier molecular flexibility index (Phi) is 4.10. The monoisotopic (exact) mass is 360 g/mol. The molecule has 134 valence electrons. The molecule has 2 aliphatic rings. The van der Waals surface area contributed by atoms with E-state index in [1.54, 1.807) is 0 Å². The number of carbonyl (C=O) groups is 1. The average molecular weight is 360 g/mol. The van der Waals surface area contributed by atoms with Crippen LogP contribution in [0.2, 0.25) is 0 Å². The standard InChI is InChI=1S/C19H24N2O3S/c1-12-4-6-17-15(9-12)16-10-13(5-7-18(16)21-17)19(22)20-11-14-3-2-8-25(14,23)24/h5,7,10,12,14,21H,2-4,6,8-9,11H2,1H3,(H,20,22). The highest BCUT2D eigenvalue weighted by Crippen LogP contribution is 2.32. The Balaban J connectivity index is 1.55. The van der Waals surface area contributed by atoms with E-state index in [0.717, 1.165) is 23.7 Å². The van der Waals surface area contributed by atoms with Gasteiger partial charge in [0.1, 0.15) is 0 Å². The molecule has 4 rings (SSSR count). The number of rotatable bonds is 3. The lowest BCUT2D eigenvalue weighted by Gasteiger charge is -2.18. The van der Waals surface area contributed by atoms with Crippen molar-refractivity contribution >= 4 is 26.6 Å². The van der Waals surface area contributed by atoms with Crippen LogP contribution in [0.25, 0.3) is 10.9 Å². The largest absolute Gasteiger partial charge is 0.358 e. The number of nitrogens with one attached hydrogen (secondary N) is 2. The Morgan fingerprint density at radius 1 is 1.32 bits per heavy atom. The number of carbonyl (C=O) groups excluding carboxylic acids is 1. The first-order chi connectivity index (χ1) is 11.9. The van der Waals surface area contributed by atoms with Crippen LogP contribution >= 0.6 is 0 Å². The molecule has 1 aliphatic heterocycles. The topological polar surface area (TPSA) is 79.0 Å². The fraction of sp³-hybridized carbons (Fsp3) is 0.526. The van der Waals surface area contributed by atoms with Gasteiger partial charge in [0, 0.05) is 28.7 Å². The van der Waals surface area contributed by atoms with E-state index in [-0.39, 0.29) is 18.2 Å². The zero-order chi connectivity index (χ0) is 17.6. The first-order valence-electron chi connectivity index (χ1n) is 9.07. The molecule has 2 aromatic rings. The van der Waals surface area contributed by atoms with Crippen LogP contribution in [-0.4, -0.2) is 36.9 Å². The van der Waals surface area contributed by atoms with Gasteiger partial charge in [0.15, 0.2) is 9.84 Å². The smallest absolute Gasteiger partial charge is 0.251 e. The van der Waals surface area contributed by atoms with E-state index < -0.39 is 15.1 Å². The van der Waals surface area contributed by atoms with E-state index in [9.17, 15) is 13.2 Å². The van der Waals surface area contributed by atoms with Gasteiger partial charge in [0.25, 0.3) is 5.91 Å². The predicted octanol–water partition coefficient (Wildman–Crippen LogP) is 2.60. The van der Waals surface area contributed by atoms with Crippen LogP contribution in [-0.2, 0) is 22.7 Å². The van der Waals surface area contributed by atoms with Crippen molar-refractivity contribution in [3.63, 3.8) is 0 Å². The van der Waals surface area contributed by atoms with E-state index in [2.05, 4.69) is 17.2 Å². The molecule has 1 fully saturated rings. The molecule has 1 aromatic heterocycles. The molecule has 0 radical (unpaired) electrons. The number of hydrogen-bond donors (Lipinski definition) is 2. The van der Waals surface area contributed by atoms with Crippen molar-refractivity contribution in [3.05, 3.63) is 35.0 Å². The second-order valence-corrected chi connectivity index (χ2v) is 9.93. The second kappa shape index (κ2) is 6.16. The number of aromatic amines is 1. The van der Waals surface area contributed by atoms with Crippen molar-refractivity contribution < 1.29 is 13.2 Å². The van der Waals surface area contributed by atoms with Crippen LogP contribution in [0.5, 0.6) is 0 Å².